The largest absolute Gasteiger partial charge is 0.439 e. The number of aromatic nitrogens is 1. The number of pyridine rings is 1. The van der Waals surface area contributed by atoms with Crippen molar-refractivity contribution in [3.05, 3.63) is 53.2 Å². The predicted octanol–water partition coefficient (Wildman–Crippen LogP) is 5.26. The van der Waals surface area contributed by atoms with Gasteiger partial charge in [0.15, 0.2) is 11.6 Å². The van der Waals surface area contributed by atoms with Crippen LogP contribution in [0.15, 0.2) is 36.5 Å². The third-order valence-corrected chi connectivity index (χ3v) is 5.32. The molecule has 1 aromatic heterocycles. The van der Waals surface area contributed by atoms with Crippen molar-refractivity contribution >= 4 is 11.6 Å². The number of hydrogen-bond acceptors (Lipinski definition) is 5. The molecule has 0 atom stereocenters. The lowest BCUT2D eigenvalue weighted by molar-refractivity contribution is -0.184. The van der Waals surface area contributed by atoms with Crippen molar-refractivity contribution in [3.63, 3.8) is 0 Å². The predicted molar refractivity (Wildman–Crippen MR) is 107 cm³/mol. The Morgan fingerprint density at radius 1 is 1.03 bits per heavy atom. The highest BCUT2D eigenvalue weighted by Crippen LogP contribution is 2.41. The fraction of sp³-hybridized carbons (Fsp3) is 0.435. The summed E-state index contributed by atoms with van der Waals surface area (Å²) in [5.74, 6) is -1.50. The summed E-state index contributed by atoms with van der Waals surface area (Å²) in [6, 6.07) is 6.95. The number of Topliss-reactive ketones (excluding diaryl/α,β-unsaturated/α-hetero) is 2. The Morgan fingerprint density at radius 2 is 1.65 bits per heavy atom. The van der Waals surface area contributed by atoms with E-state index in [0.29, 0.717) is 18.2 Å². The molecule has 0 unspecified atom stereocenters. The number of benzene rings is 1. The van der Waals surface area contributed by atoms with Gasteiger partial charge in [-0.3, -0.25) is 9.59 Å². The van der Waals surface area contributed by atoms with E-state index in [1.165, 1.54) is 0 Å². The zero-order chi connectivity index (χ0) is 23.2. The summed E-state index contributed by atoms with van der Waals surface area (Å²) < 4.78 is 49.6. The van der Waals surface area contributed by atoms with E-state index in [2.05, 4.69) is 4.98 Å². The first kappa shape index (κ1) is 22.9. The van der Waals surface area contributed by atoms with Gasteiger partial charge >= 0.3 is 6.18 Å². The lowest BCUT2D eigenvalue weighted by Gasteiger charge is -2.43. The molecule has 8 heteroatoms. The Hall–Kier alpha value is -2.74. The average molecular weight is 435 g/mol. The third-order valence-electron chi connectivity index (χ3n) is 5.32. The molecule has 0 N–H and O–H groups in total. The number of ketones is 2. The Bertz CT molecular complexity index is 984. The number of aryl methyl sites for hydroxylation is 1. The molecule has 0 bridgehead atoms. The summed E-state index contributed by atoms with van der Waals surface area (Å²) >= 11 is 0. The van der Waals surface area contributed by atoms with E-state index >= 15 is 0 Å². The maximum atomic E-state index is 13.1. The Balaban J connectivity index is 1.99. The Kier molecular flexibility index (Phi) is 5.73. The van der Waals surface area contributed by atoms with Crippen molar-refractivity contribution in [2.45, 2.75) is 64.3 Å². The average Bonchev–Trinajstić information content (AvgIpc) is 2.66. The first-order valence-corrected chi connectivity index (χ1v) is 9.89. The molecule has 1 aliphatic rings. The Labute approximate surface area is 178 Å². The number of ether oxygens (including phenoxy) is 2. The fourth-order valence-corrected chi connectivity index (χ4v) is 3.79. The van der Waals surface area contributed by atoms with Crippen LogP contribution in [0.1, 0.15) is 57.2 Å². The standard InChI is InChI=1S/C23H24F3NO4/c1-6-13-7-9-15(30-17-10-8-14(12-27-17)23(24,25)26)11-16(13)18-19(28)21(2,3)31-22(4,5)20(18)29/h7-12,18H,6H2,1-5H3. The molecular formula is C23H24F3NO4. The minimum Gasteiger partial charge on any atom is -0.439 e. The molecule has 3 rings (SSSR count). The zero-order valence-corrected chi connectivity index (χ0v) is 18.0. The molecule has 5 nitrogen and oxygen atoms in total. The quantitative estimate of drug-likeness (QED) is 0.613. The van der Waals surface area contributed by atoms with E-state index in [1.54, 1.807) is 45.9 Å². The van der Waals surface area contributed by atoms with E-state index < -0.39 is 28.9 Å². The van der Waals surface area contributed by atoms with E-state index in [1.807, 2.05) is 6.92 Å². The fourth-order valence-electron chi connectivity index (χ4n) is 3.79. The zero-order valence-electron chi connectivity index (χ0n) is 18.0. The number of carbonyl (C=O) groups excluding carboxylic acids is 2. The minimum absolute atomic E-state index is 0.0338. The number of carbonyl (C=O) groups is 2. The summed E-state index contributed by atoms with van der Waals surface area (Å²) in [5, 5.41) is 0. The SMILES string of the molecule is CCc1ccc(Oc2ccc(C(F)(F)F)cn2)cc1C1C(=O)C(C)(C)OC(C)(C)C1=O. The summed E-state index contributed by atoms with van der Waals surface area (Å²) in [4.78, 5) is 29.9. The van der Waals surface area contributed by atoms with Crippen LogP contribution in [0.3, 0.4) is 0 Å². The van der Waals surface area contributed by atoms with Crippen molar-refractivity contribution in [3.8, 4) is 11.6 Å². The van der Waals surface area contributed by atoms with Gasteiger partial charge in [0, 0.05) is 12.3 Å². The van der Waals surface area contributed by atoms with Crippen molar-refractivity contribution < 1.29 is 32.2 Å². The maximum Gasteiger partial charge on any atom is 0.417 e. The minimum atomic E-state index is -4.50. The molecule has 0 amide bonds. The third kappa shape index (κ3) is 4.49. The van der Waals surface area contributed by atoms with Crippen LogP contribution in [0.5, 0.6) is 11.6 Å². The molecule has 1 aliphatic heterocycles. The van der Waals surface area contributed by atoms with Gasteiger partial charge in [-0.15, -0.1) is 0 Å². The Morgan fingerprint density at radius 3 is 2.13 bits per heavy atom. The molecule has 166 valence electrons. The summed E-state index contributed by atoms with van der Waals surface area (Å²) in [7, 11) is 0. The molecule has 31 heavy (non-hydrogen) atoms. The van der Waals surface area contributed by atoms with Gasteiger partial charge in [-0.1, -0.05) is 13.0 Å². The van der Waals surface area contributed by atoms with Gasteiger partial charge in [0.1, 0.15) is 22.9 Å². The van der Waals surface area contributed by atoms with Gasteiger partial charge in [-0.25, -0.2) is 4.98 Å². The van der Waals surface area contributed by atoms with Crippen LogP contribution in [0.2, 0.25) is 0 Å². The number of halogens is 3. The second-order valence-electron chi connectivity index (χ2n) is 8.48. The van der Waals surface area contributed by atoms with Crippen LogP contribution in [0, 0.1) is 0 Å². The van der Waals surface area contributed by atoms with Gasteiger partial charge in [0.05, 0.1) is 5.56 Å². The monoisotopic (exact) mass is 435 g/mol. The van der Waals surface area contributed by atoms with Gasteiger partial charge < -0.3 is 9.47 Å². The normalized spacial score (nSPS) is 18.8. The first-order valence-electron chi connectivity index (χ1n) is 9.89. The van der Waals surface area contributed by atoms with Crippen molar-refractivity contribution in [2.24, 2.45) is 0 Å². The van der Waals surface area contributed by atoms with Crippen LogP contribution in [-0.2, 0) is 26.9 Å². The molecule has 1 fully saturated rings. The van der Waals surface area contributed by atoms with Gasteiger partial charge in [0.2, 0.25) is 5.88 Å². The number of nitrogens with zero attached hydrogens (tertiary/aromatic N) is 1. The van der Waals surface area contributed by atoms with Crippen molar-refractivity contribution in [1.29, 1.82) is 0 Å². The van der Waals surface area contributed by atoms with Crippen LogP contribution in [0.25, 0.3) is 0 Å². The summed E-state index contributed by atoms with van der Waals surface area (Å²) in [6.45, 7) is 8.44. The van der Waals surface area contributed by atoms with E-state index in [4.69, 9.17) is 9.47 Å². The molecule has 0 radical (unpaired) electrons. The van der Waals surface area contributed by atoms with E-state index in [-0.39, 0.29) is 23.2 Å². The summed E-state index contributed by atoms with van der Waals surface area (Å²) in [5.41, 5.74) is -1.89. The molecule has 2 heterocycles. The molecule has 0 saturated carbocycles. The highest BCUT2D eigenvalue weighted by molar-refractivity contribution is 6.15. The second-order valence-corrected chi connectivity index (χ2v) is 8.48. The second kappa shape index (κ2) is 7.75. The van der Waals surface area contributed by atoms with Crippen LogP contribution >= 0.6 is 0 Å². The van der Waals surface area contributed by atoms with E-state index in [9.17, 15) is 22.8 Å². The summed E-state index contributed by atoms with van der Waals surface area (Å²) in [6.07, 6.45) is -3.23. The molecular weight excluding hydrogens is 411 g/mol. The van der Waals surface area contributed by atoms with Gasteiger partial charge in [0.25, 0.3) is 0 Å². The van der Waals surface area contributed by atoms with Crippen molar-refractivity contribution in [2.75, 3.05) is 0 Å². The number of alkyl halides is 3. The van der Waals surface area contributed by atoms with Crippen LogP contribution in [-0.4, -0.2) is 27.8 Å². The van der Waals surface area contributed by atoms with Gasteiger partial charge in [-0.05, 0) is 63.4 Å². The van der Waals surface area contributed by atoms with Crippen LogP contribution < -0.4 is 4.74 Å². The number of rotatable bonds is 4. The van der Waals surface area contributed by atoms with Gasteiger partial charge in [-0.2, -0.15) is 13.2 Å². The molecule has 0 aliphatic carbocycles. The lowest BCUT2D eigenvalue weighted by atomic mass is 9.73. The lowest BCUT2D eigenvalue weighted by Crippen LogP contribution is -2.58. The smallest absolute Gasteiger partial charge is 0.417 e. The highest BCUT2D eigenvalue weighted by Gasteiger charge is 2.53. The number of hydrogen-bond donors (Lipinski definition) is 0. The van der Waals surface area contributed by atoms with Crippen molar-refractivity contribution in [1.82, 2.24) is 4.98 Å². The topological polar surface area (TPSA) is 65.5 Å². The van der Waals surface area contributed by atoms with Crippen LogP contribution in [0.4, 0.5) is 13.2 Å². The molecule has 0 spiro atoms. The molecule has 1 saturated heterocycles. The highest BCUT2D eigenvalue weighted by atomic mass is 19.4. The maximum absolute atomic E-state index is 13.1. The molecule has 2 aromatic rings. The molecule has 1 aromatic carbocycles. The van der Waals surface area contributed by atoms with E-state index in [0.717, 1.165) is 17.7 Å². The first-order chi connectivity index (χ1) is 14.3.